The molecule has 7 heteroatoms. The number of hydrogen-bond acceptors (Lipinski definition) is 6. The number of benzene rings is 2. The Morgan fingerprint density at radius 2 is 1.32 bits per heavy atom. The molecule has 0 heterocycles. The highest BCUT2D eigenvalue weighted by atomic mass is 16.5. The Morgan fingerprint density at radius 1 is 0.821 bits per heavy atom. The first-order valence-corrected chi connectivity index (χ1v) is 8.91. The number of ether oxygens (including phenoxy) is 2. The fourth-order valence-corrected chi connectivity index (χ4v) is 2.79. The van der Waals surface area contributed by atoms with Crippen molar-refractivity contribution in [2.45, 2.75) is 13.8 Å². The van der Waals surface area contributed by atoms with Gasteiger partial charge < -0.3 is 19.7 Å². The van der Waals surface area contributed by atoms with Crippen LogP contribution in [0.15, 0.2) is 42.5 Å². The summed E-state index contributed by atoms with van der Waals surface area (Å²) >= 11 is 0. The van der Waals surface area contributed by atoms with Gasteiger partial charge in [0.25, 0.3) is 5.91 Å². The maximum absolute atomic E-state index is 12.6. The summed E-state index contributed by atoms with van der Waals surface area (Å²) in [7, 11) is 2.48. The number of esters is 2. The summed E-state index contributed by atoms with van der Waals surface area (Å²) < 4.78 is 9.40. The fourth-order valence-electron chi connectivity index (χ4n) is 2.79. The fraction of sp³-hybridized carbons (Fsp3) is 0.286. The van der Waals surface area contributed by atoms with Gasteiger partial charge in [0.15, 0.2) is 0 Å². The molecule has 0 bridgehead atoms. The Hall–Kier alpha value is -3.35. The summed E-state index contributed by atoms with van der Waals surface area (Å²) in [5.74, 6) is -1.60. The number of rotatable bonds is 7. The van der Waals surface area contributed by atoms with Gasteiger partial charge in [-0.3, -0.25) is 4.79 Å². The number of nitrogens with zero attached hydrogens (tertiary/aromatic N) is 1. The predicted molar refractivity (Wildman–Crippen MR) is 107 cm³/mol. The van der Waals surface area contributed by atoms with Crippen molar-refractivity contribution in [3.8, 4) is 0 Å². The third-order valence-corrected chi connectivity index (χ3v) is 4.29. The zero-order valence-electron chi connectivity index (χ0n) is 16.4. The molecule has 0 radical (unpaired) electrons. The van der Waals surface area contributed by atoms with Gasteiger partial charge in [0.1, 0.15) is 0 Å². The van der Waals surface area contributed by atoms with Crippen LogP contribution in [-0.2, 0) is 9.47 Å². The van der Waals surface area contributed by atoms with Crippen LogP contribution in [0.5, 0.6) is 0 Å². The lowest BCUT2D eigenvalue weighted by molar-refractivity contribution is 0.0599. The van der Waals surface area contributed by atoms with E-state index in [0.29, 0.717) is 11.3 Å². The van der Waals surface area contributed by atoms with Crippen LogP contribution in [-0.4, -0.2) is 45.2 Å². The zero-order valence-corrected chi connectivity index (χ0v) is 16.4. The maximum atomic E-state index is 12.6. The van der Waals surface area contributed by atoms with Gasteiger partial charge in [-0.05, 0) is 56.3 Å². The smallest absolute Gasteiger partial charge is 0.337 e. The van der Waals surface area contributed by atoms with Crippen molar-refractivity contribution in [2.24, 2.45) is 0 Å². The number of anilines is 2. The average Bonchev–Trinajstić information content (AvgIpc) is 2.73. The van der Waals surface area contributed by atoms with Gasteiger partial charge in [-0.15, -0.1) is 0 Å². The minimum atomic E-state index is -0.621. The van der Waals surface area contributed by atoms with Crippen molar-refractivity contribution in [1.82, 2.24) is 0 Å². The highest BCUT2D eigenvalue weighted by Gasteiger charge is 2.15. The molecule has 2 aromatic rings. The van der Waals surface area contributed by atoms with Gasteiger partial charge in [0.05, 0.1) is 25.3 Å². The number of amides is 1. The number of nitrogens with one attached hydrogen (secondary N) is 1. The van der Waals surface area contributed by atoms with E-state index in [1.165, 1.54) is 32.4 Å². The van der Waals surface area contributed by atoms with Gasteiger partial charge in [-0.1, -0.05) is 0 Å². The minimum absolute atomic E-state index is 0.137. The molecule has 1 amide bonds. The van der Waals surface area contributed by atoms with Crippen LogP contribution in [0.3, 0.4) is 0 Å². The Kier molecular flexibility index (Phi) is 7.14. The van der Waals surface area contributed by atoms with E-state index in [-0.39, 0.29) is 17.0 Å². The normalized spacial score (nSPS) is 10.1. The average molecular weight is 384 g/mol. The molecule has 0 saturated heterocycles. The Labute approximate surface area is 164 Å². The molecule has 0 atom stereocenters. The molecule has 0 spiro atoms. The van der Waals surface area contributed by atoms with Crippen molar-refractivity contribution < 1.29 is 23.9 Å². The first-order valence-electron chi connectivity index (χ1n) is 8.91. The second-order valence-corrected chi connectivity index (χ2v) is 5.96. The molecule has 0 saturated carbocycles. The monoisotopic (exact) mass is 384 g/mol. The maximum Gasteiger partial charge on any atom is 0.337 e. The van der Waals surface area contributed by atoms with E-state index in [1.54, 1.807) is 12.1 Å². The van der Waals surface area contributed by atoms with Crippen molar-refractivity contribution in [1.29, 1.82) is 0 Å². The lowest BCUT2D eigenvalue weighted by Crippen LogP contribution is -2.22. The van der Waals surface area contributed by atoms with Crippen LogP contribution < -0.4 is 10.2 Å². The van der Waals surface area contributed by atoms with Crippen molar-refractivity contribution in [3.05, 3.63) is 59.2 Å². The number of carbonyl (C=O) groups excluding carboxylic acids is 3. The molecule has 148 valence electrons. The first-order chi connectivity index (χ1) is 13.4. The summed E-state index contributed by atoms with van der Waals surface area (Å²) in [4.78, 5) is 38.5. The summed E-state index contributed by atoms with van der Waals surface area (Å²) in [6, 6.07) is 11.5. The second kappa shape index (κ2) is 9.55. The summed E-state index contributed by atoms with van der Waals surface area (Å²) in [6.45, 7) is 5.88. The molecule has 0 unspecified atom stereocenters. The zero-order chi connectivity index (χ0) is 20.7. The quantitative estimate of drug-likeness (QED) is 0.737. The minimum Gasteiger partial charge on any atom is -0.465 e. The van der Waals surface area contributed by atoms with Crippen LogP contribution in [0.1, 0.15) is 44.9 Å². The third kappa shape index (κ3) is 4.88. The lowest BCUT2D eigenvalue weighted by atomic mass is 10.1. The van der Waals surface area contributed by atoms with Crippen molar-refractivity contribution >= 4 is 29.2 Å². The van der Waals surface area contributed by atoms with Crippen LogP contribution in [0.2, 0.25) is 0 Å². The van der Waals surface area contributed by atoms with Crippen LogP contribution in [0.25, 0.3) is 0 Å². The van der Waals surface area contributed by atoms with Crippen LogP contribution >= 0.6 is 0 Å². The molecule has 0 fully saturated rings. The number of carbonyl (C=O) groups is 3. The molecule has 28 heavy (non-hydrogen) atoms. The summed E-state index contributed by atoms with van der Waals surface area (Å²) in [6.07, 6.45) is 0. The second-order valence-electron chi connectivity index (χ2n) is 5.96. The molecular formula is C21H24N2O5. The topological polar surface area (TPSA) is 84.9 Å². The molecule has 0 aliphatic heterocycles. The lowest BCUT2D eigenvalue weighted by Gasteiger charge is -2.21. The molecular weight excluding hydrogens is 360 g/mol. The van der Waals surface area contributed by atoms with E-state index in [2.05, 4.69) is 24.1 Å². The van der Waals surface area contributed by atoms with E-state index >= 15 is 0 Å². The molecule has 7 nitrogen and oxygen atoms in total. The Balaban J connectivity index is 2.27. The number of methoxy groups -OCH3 is 2. The Bertz CT molecular complexity index is 823. The van der Waals surface area contributed by atoms with E-state index in [4.69, 9.17) is 9.47 Å². The molecule has 0 aromatic heterocycles. The molecule has 0 aliphatic rings. The molecule has 2 aromatic carbocycles. The van der Waals surface area contributed by atoms with E-state index in [9.17, 15) is 14.4 Å². The third-order valence-electron chi connectivity index (χ3n) is 4.29. The SMILES string of the molecule is CCN(CC)c1ccc(C(=O)Nc2cc(C(=O)OC)cc(C(=O)OC)c2)cc1. The van der Waals surface area contributed by atoms with Gasteiger partial charge in [0, 0.05) is 30.0 Å². The van der Waals surface area contributed by atoms with E-state index in [1.807, 2.05) is 12.1 Å². The van der Waals surface area contributed by atoms with Gasteiger partial charge in [0.2, 0.25) is 0 Å². The van der Waals surface area contributed by atoms with Crippen molar-refractivity contribution in [3.63, 3.8) is 0 Å². The Morgan fingerprint density at radius 3 is 1.75 bits per heavy atom. The van der Waals surface area contributed by atoms with Crippen LogP contribution in [0, 0.1) is 0 Å². The predicted octanol–water partition coefficient (Wildman–Crippen LogP) is 3.36. The highest BCUT2D eigenvalue weighted by molar-refractivity contribution is 6.06. The molecule has 1 N–H and O–H groups in total. The van der Waals surface area contributed by atoms with Crippen LogP contribution in [0.4, 0.5) is 11.4 Å². The van der Waals surface area contributed by atoms with Gasteiger partial charge in [-0.25, -0.2) is 9.59 Å². The molecule has 0 aliphatic carbocycles. The summed E-state index contributed by atoms with van der Waals surface area (Å²) in [5, 5.41) is 2.71. The first kappa shape index (κ1) is 21.0. The standard InChI is InChI=1S/C21H24N2O5/c1-5-23(6-2)18-9-7-14(8-10-18)19(24)22-17-12-15(20(25)27-3)11-16(13-17)21(26)28-4/h7-13H,5-6H2,1-4H3,(H,22,24). The molecule has 2 rings (SSSR count). The number of hydrogen-bond donors (Lipinski definition) is 1. The van der Waals surface area contributed by atoms with Gasteiger partial charge in [-0.2, -0.15) is 0 Å². The highest BCUT2D eigenvalue weighted by Crippen LogP contribution is 2.19. The van der Waals surface area contributed by atoms with E-state index < -0.39 is 11.9 Å². The van der Waals surface area contributed by atoms with E-state index in [0.717, 1.165) is 18.8 Å². The van der Waals surface area contributed by atoms with Gasteiger partial charge >= 0.3 is 11.9 Å². The van der Waals surface area contributed by atoms with Crippen molar-refractivity contribution in [2.75, 3.05) is 37.5 Å². The summed E-state index contributed by atoms with van der Waals surface area (Å²) in [5.41, 5.74) is 2.05. The largest absolute Gasteiger partial charge is 0.465 e.